The summed E-state index contributed by atoms with van der Waals surface area (Å²) < 4.78 is 104. The molecule has 0 atom stereocenters. The van der Waals surface area contributed by atoms with E-state index in [4.69, 9.17) is 0 Å². The highest BCUT2D eigenvalue weighted by atomic mass is 32.2. The van der Waals surface area contributed by atoms with Gasteiger partial charge in [-0.05, 0) is 30.3 Å². The molecule has 0 aliphatic rings. The molecule has 2 aromatic carbocycles. The number of hydrogen-bond acceptors (Lipinski definition) is 4. The Morgan fingerprint density at radius 3 is 2.15 bits per heavy atom. The van der Waals surface area contributed by atoms with Crippen molar-refractivity contribution < 1.29 is 43.7 Å². The Labute approximate surface area is 148 Å². The molecule has 0 aliphatic heterocycles. The highest BCUT2D eigenvalue weighted by Crippen LogP contribution is 2.33. The first-order chi connectivity index (χ1) is 12.3. The molecule has 2 rings (SSSR count). The van der Waals surface area contributed by atoms with Crippen molar-refractivity contribution in [1.29, 1.82) is 0 Å². The lowest BCUT2D eigenvalue weighted by Crippen LogP contribution is -2.30. The van der Waals surface area contributed by atoms with Crippen LogP contribution in [0.15, 0.2) is 53.4 Å². The molecule has 2 aromatic rings. The van der Waals surface area contributed by atoms with E-state index >= 15 is 0 Å². The topological polar surface area (TPSA) is 72.5 Å². The van der Waals surface area contributed by atoms with E-state index in [-0.39, 0.29) is 0 Å². The van der Waals surface area contributed by atoms with Crippen LogP contribution in [0.5, 0.6) is 5.75 Å². The molecule has 0 saturated carbocycles. The van der Waals surface area contributed by atoms with Crippen LogP contribution in [0.2, 0.25) is 0 Å². The van der Waals surface area contributed by atoms with Crippen molar-refractivity contribution in [1.82, 2.24) is 0 Å². The Bertz CT molecular complexity index is 953. The average molecular weight is 413 g/mol. The number of alkyl halides is 6. The predicted octanol–water partition coefficient (Wildman–Crippen LogP) is 3.97. The third-order valence-electron chi connectivity index (χ3n) is 3.03. The van der Waals surface area contributed by atoms with Crippen LogP contribution >= 0.6 is 0 Å². The summed E-state index contributed by atoms with van der Waals surface area (Å²) >= 11 is 0. The number of carbonyl (C=O) groups excluding carboxylic acids is 1. The molecular formula is C15H9F6NO4S. The number of amides is 1. The Kier molecular flexibility index (Phi) is 5.40. The zero-order valence-electron chi connectivity index (χ0n) is 12.9. The third-order valence-corrected chi connectivity index (χ3v) is 4.34. The summed E-state index contributed by atoms with van der Waals surface area (Å²) in [5.74, 6) is -3.13. The predicted molar refractivity (Wildman–Crippen MR) is 80.4 cm³/mol. The summed E-state index contributed by atoms with van der Waals surface area (Å²) in [4.78, 5) is 10.2. The molecule has 0 aromatic heterocycles. The Morgan fingerprint density at radius 2 is 1.56 bits per heavy atom. The molecule has 27 heavy (non-hydrogen) atoms. The van der Waals surface area contributed by atoms with Crippen LogP contribution in [0.25, 0.3) is 0 Å². The van der Waals surface area contributed by atoms with Crippen molar-refractivity contribution in [3.63, 3.8) is 0 Å². The molecule has 0 aliphatic carbocycles. The standard InChI is InChI=1S/C15H9F6NO4S/c16-14(17,18)9-4-3-5-10(8-9)26-27(24,25)12-7-2-1-6-11(12)22-13(23)15(19,20)21/h1-8H,(H,22,23). The minimum Gasteiger partial charge on any atom is -0.379 e. The van der Waals surface area contributed by atoms with Crippen molar-refractivity contribution in [2.45, 2.75) is 17.2 Å². The van der Waals surface area contributed by atoms with Crippen molar-refractivity contribution in [2.24, 2.45) is 0 Å². The van der Waals surface area contributed by atoms with E-state index < -0.39 is 50.3 Å². The number of hydrogen-bond donors (Lipinski definition) is 1. The Hall–Kier alpha value is -2.76. The Morgan fingerprint density at radius 1 is 0.926 bits per heavy atom. The monoisotopic (exact) mass is 413 g/mol. The molecule has 1 amide bonds. The van der Waals surface area contributed by atoms with Gasteiger partial charge in [-0.25, -0.2) is 0 Å². The van der Waals surface area contributed by atoms with E-state index in [1.54, 1.807) is 0 Å². The van der Waals surface area contributed by atoms with Gasteiger partial charge in [0.15, 0.2) is 0 Å². The molecule has 0 bridgehead atoms. The summed E-state index contributed by atoms with van der Waals surface area (Å²) in [7, 11) is -4.85. The fourth-order valence-corrected chi connectivity index (χ4v) is 2.96. The molecule has 146 valence electrons. The van der Waals surface area contributed by atoms with Crippen LogP contribution < -0.4 is 9.50 Å². The van der Waals surface area contributed by atoms with Gasteiger partial charge >= 0.3 is 28.4 Å². The van der Waals surface area contributed by atoms with E-state index in [2.05, 4.69) is 4.18 Å². The number of nitrogens with one attached hydrogen (secondary N) is 1. The van der Waals surface area contributed by atoms with Gasteiger partial charge in [0.05, 0.1) is 11.3 Å². The first-order valence-corrected chi connectivity index (χ1v) is 8.30. The van der Waals surface area contributed by atoms with Crippen LogP contribution in [-0.4, -0.2) is 20.5 Å². The number of carbonyl (C=O) groups is 1. The Balaban J connectivity index is 2.37. The maximum atomic E-state index is 12.7. The summed E-state index contributed by atoms with van der Waals surface area (Å²) in [6, 6.07) is 6.88. The molecular weight excluding hydrogens is 404 g/mol. The highest BCUT2D eigenvalue weighted by molar-refractivity contribution is 7.87. The second kappa shape index (κ2) is 7.10. The quantitative estimate of drug-likeness (QED) is 0.608. The molecule has 0 saturated heterocycles. The summed E-state index contributed by atoms with van der Waals surface area (Å²) in [5.41, 5.74) is -1.93. The third kappa shape index (κ3) is 5.12. The van der Waals surface area contributed by atoms with Crippen LogP contribution in [0.4, 0.5) is 32.0 Å². The maximum Gasteiger partial charge on any atom is 0.471 e. The van der Waals surface area contributed by atoms with Gasteiger partial charge in [-0.15, -0.1) is 0 Å². The summed E-state index contributed by atoms with van der Waals surface area (Å²) in [6.45, 7) is 0. The number of rotatable bonds is 4. The smallest absolute Gasteiger partial charge is 0.379 e. The van der Waals surface area contributed by atoms with Crippen molar-refractivity contribution in [3.05, 3.63) is 54.1 Å². The maximum absolute atomic E-state index is 12.7. The molecule has 0 unspecified atom stereocenters. The van der Waals surface area contributed by atoms with Gasteiger partial charge in [-0.3, -0.25) is 4.79 Å². The lowest BCUT2D eigenvalue weighted by Gasteiger charge is -2.14. The van der Waals surface area contributed by atoms with Gasteiger partial charge in [-0.2, -0.15) is 34.8 Å². The lowest BCUT2D eigenvalue weighted by atomic mass is 10.2. The second-order valence-corrected chi connectivity index (χ2v) is 6.53. The zero-order valence-corrected chi connectivity index (χ0v) is 13.7. The molecule has 0 fully saturated rings. The van der Waals surface area contributed by atoms with Crippen molar-refractivity contribution in [2.75, 3.05) is 5.32 Å². The van der Waals surface area contributed by atoms with Gasteiger partial charge < -0.3 is 9.50 Å². The van der Waals surface area contributed by atoms with Gasteiger partial charge in [0, 0.05) is 0 Å². The van der Waals surface area contributed by atoms with E-state index in [1.165, 1.54) is 5.32 Å². The van der Waals surface area contributed by atoms with Gasteiger partial charge in [0.25, 0.3) is 0 Å². The van der Waals surface area contributed by atoms with E-state index in [0.29, 0.717) is 12.1 Å². The molecule has 0 heterocycles. The minimum absolute atomic E-state index is 0.411. The van der Waals surface area contributed by atoms with Crippen LogP contribution in [0, 0.1) is 0 Å². The SMILES string of the molecule is O=C(Nc1ccccc1S(=O)(=O)Oc1cccc(C(F)(F)F)c1)C(F)(F)F. The van der Waals surface area contributed by atoms with E-state index in [9.17, 15) is 39.6 Å². The van der Waals surface area contributed by atoms with Gasteiger partial charge in [-0.1, -0.05) is 18.2 Å². The molecule has 1 N–H and O–H groups in total. The highest BCUT2D eigenvalue weighted by Gasteiger charge is 2.39. The number of para-hydroxylation sites is 1. The van der Waals surface area contributed by atoms with E-state index in [0.717, 1.165) is 36.4 Å². The van der Waals surface area contributed by atoms with Crippen LogP contribution in [0.1, 0.15) is 5.56 Å². The molecule has 12 heteroatoms. The number of benzene rings is 2. The number of anilines is 1. The largest absolute Gasteiger partial charge is 0.471 e. The molecule has 0 spiro atoms. The van der Waals surface area contributed by atoms with E-state index in [1.807, 2.05) is 0 Å². The van der Waals surface area contributed by atoms with Gasteiger partial charge in [0.1, 0.15) is 10.6 Å². The van der Waals surface area contributed by atoms with Crippen molar-refractivity contribution in [3.8, 4) is 5.75 Å². The molecule has 5 nitrogen and oxygen atoms in total. The summed E-state index contributed by atoms with van der Waals surface area (Å²) in [6.07, 6.45) is -10.0. The fraction of sp³-hybridized carbons (Fsp3) is 0.133. The van der Waals surface area contributed by atoms with Crippen LogP contribution in [-0.2, 0) is 21.1 Å². The van der Waals surface area contributed by atoms with Crippen LogP contribution in [0.3, 0.4) is 0 Å². The zero-order chi connectivity index (χ0) is 20.5. The fourth-order valence-electron chi connectivity index (χ4n) is 1.88. The lowest BCUT2D eigenvalue weighted by molar-refractivity contribution is -0.167. The number of halogens is 6. The van der Waals surface area contributed by atoms with Crippen molar-refractivity contribution >= 4 is 21.7 Å². The van der Waals surface area contributed by atoms with Gasteiger partial charge in [0.2, 0.25) is 0 Å². The summed E-state index contributed by atoms with van der Waals surface area (Å²) in [5, 5.41) is 1.37. The first kappa shape index (κ1) is 20.6. The first-order valence-electron chi connectivity index (χ1n) is 6.89. The minimum atomic E-state index is -5.28. The molecule has 0 radical (unpaired) electrons. The average Bonchev–Trinajstić information content (AvgIpc) is 2.53. The normalized spacial score (nSPS) is 12.5. The second-order valence-electron chi connectivity index (χ2n) is 5.01.